The molecule has 1 unspecified atom stereocenters. The van der Waals surface area contributed by atoms with Crippen LogP contribution < -0.4 is 20.3 Å². The van der Waals surface area contributed by atoms with Gasteiger partial charge in [0.25, 0.3) is 5.56 Å². The minimum atomic E-state index is -0.297. The molecule has 0 spiro atoms. The van der Waals surface area contributed by atoms with Gasteiger partial charge in [0.2, 0.25) is 12.7 Å². The lowest BCUT2D eigenvalue weighted by Crippen LogP contribution is -2.33. The fourth-order valence-corrected chi connectivity index (χ4v) is 2.89. The van der Waals surface area contributed by atoms with Crippen molar-refractivity contribution in [2.75, 3.05) is 6.79 Å². The van der Waals surface area contributed by atoms with Gasteiger partial charge in [-0.15, -0.1) is 0 Å². The number of benzene rings is 1. The smallest absolute Gasteiger partial charge is 0.264 e. The summed E-state index contributed by atoms with van der Waals surface area (Å²) in [4.78, 5) is 29.0. The van der Waals surface area contributed by atoms with Gasteiger partial charge in [0, 0.05) is 7.05 Å². The van der Waals surface area contributed by atoms with Crippen molar-refractivity contribution in [2.45, 2.75) is 19.5 Å². The Morgan fingerprint density at radius 3 is 3.00 bits per heavy atom. The normalized spacial score (nSPS) is 13.8. The zero-order valence-corrected chi connectivity index (χ0v) is 14.3. The summed E-state index contributed by atoms with van der Waals surface area (Å²) in [5.74, 6) is 1.06. The molecular weight excluding hydrogens is 338 g/mol. The zero-order valence-electron chi connectivity index (χ0n) is 14.3. The molecule has 0 saturated carbocycles. The van der Waals surface area contributed by atoms with Crippen LogP contribution in [0.25, 0.3) is 11.0 Å². The first-order chi connectivity index (χ1) is 12.5. The molecule has 0 saturated heterocycles. The predicted octanol–water partition coefficient (Wildman–Crippen LogP) is 0.736. The second kappa shape index (κ2) is 6.17. The minimum absolute atomic E-state index is 0.119. The van der Waals surface area contributed by atoms with Gasteiger partial charge in [-0.2, -0.15) is 5.10 Å². The van der Waals surface area contributed by atoms with E-state index in [1.54, 1.807) is 7.05 Å². The number of hydrogen-bond donors (Lipinski definition) is 1. The van der Waals surface area contributed by atoms with E-state index in [0.29, 0.717) is 22.5 Å². The Balaban J connectivity index is 1.48. The Labute approximate surface area is 148 Å². The van der Waals surface area contributed by atoms with Crippen LogP contribution in [0.5, 0.6) is 11.5 Å². The summed E-state index contributed by atoms with van der Waals surface area (Å²) in [5.41, 5.74) is 1.07. The van der Waals surface area contributed by atoms with E-state index in [0.717, 1.165) is 5.56 Å². The van der Waals surface area contributed by atoms with Crippen molar-refractivity contribution in [3.8, 4) is 11.5 Å². The summed E-state index contributed by atoms with van der Waals surface area (Å²) in [6.07, 6.45) is 2.81. The summed E-state index contributed by atoms with van der Waals surface area (Å²) >= 11 is 0. The summed E-state index contributed by atoms with van der Waals surface area (Å²) in [6.45, 7) is 1.94. The van der Waals surface area contributed by atoms with Gasteiger partial charge in [-0.3, -0.25) is 18.8 Å². The first-order valence-corrected chi connectivity index (χ1v) is 8.09. The maximum atomic E-state index is 12.4. The van der Waals surface area contributed by atoms with Gasteiger partial charge in [-0.05, 0) is 24.6 Å². The van der Waals surface area contributed by atoms with Gasteiger partial charge in [-0.25, -0.2) is 4.98 Å². The molecule has 0 fully saturated rings. The van der Waals surface area contributed by atoms with Gasteiger partial charge in [0.1, 0.15) is 18.3 Å². The van der Waals surface area contributed by atoms with E-state index in [1.807, 2.05) is 25.1 Å². The zero-order chi connectivity index (χ0) is 18.3. The molecule has 1 amide bonds. The van der Waals surface area contributed by atoms with E-state index in [-0.39, 0.29) is 30.8 Å². The summed E-state index contributed by atoms with van der Waals surface area (Å²) < 4.78 is 13.4. The number of hydrogen-bond acceptors (Lipinski definition) is 6. The molecule has 134 valence electrons. The lowest BCUT2D eigenvalue weighted by molar-refractivity contribution is -0.122. The fraction of sp³-hybridized carbons (Fsp3) is 0.294. The monoisotopic (exact) mass is 355 g/mol. The van der Waals surface area contributed by atoms with Crippen molar-refractivity contribution in [2.24, 2.45) is 7.05 Å². The van der Waals surface area contributed by atoms with Crippen molar-refractivity contribution in [1.82, 2.24) is 24.6 Å². The molecular formula is C17H17N5O4. The predicted molar refractivity (Wildman–Crippen MR) is 91.9 cm³/mol. The number of rotatable bonds is 4. The average Bonchev–Trinajstić information content (AvgIpc) is 3.23. The number of carbonyl (C=O) groups excluding carboxylic acids is 1. The van der Waals surface area contributed by atoms with Gasteiger partial charge >= 0.3 is 0 Å². The summed E-state index contributed by atoms with van der Waals surface area (Å²) in [6, 6.07) is 5.27. The van der Waals surface area contributed by atoms with Crippen LogP contribution in [0.3, 0.4) is 0 Å². The highest BCUT2D eigenvalue weighted by Crippen LogP contribution is 2.34. The Bertz CT molecular complexity index is 1050. The van der Waals surface area contributed by atoms with Crippen LogP contribution >= 0.6 is 0 Å². The topological polar surface area (TPSA) is 100 Å². The van der Waals surface area contributed by atoms with E-state index >= 15 is 0 Å². The third-order valence-electron chi connectivity index (χ3n) is 4.31. The molecule has 26 heavy (non-hydrogen) atoms. The second-order valence-corrected chi connectivity index (χ2v) is 6.08. The van der Waals surface area contributed by atoms with E-state index in [4.69, 9.17) is 9.47 Å². The molecule has 3 aromatic rings. The third kappa shape index (κ3) is 2.77. The Morgan fingerprint density at radius 1 is 1.35 bits per heavy atom. The SMILES string of the molecule is CC(NC(=O)Cn1cnc2c(cnn2C)c1=O)c1ccc2c(c1)OCO2. The molecule has 1 aliphatic heterocycles. The summed E-state index contributed by atoms with van der Waals surface area (Å²) in [5, 5.41) is 7.27. The van der Waals surface area contributed by atoms with E-state index < -0.39 is 0 Å². The molecule has 1 aliphatic rings. The molecule has 0 aliphatic carbocycles. The van der Waals surface area contributed by atoms with E-state index in [2.05, 4.69) is 15.4 Å². The Hall–Kier alpha value is -3.36. The fourth-order valence-electron chi connectivity index (χ4n) is 2.89. The van der Waals surface area contributed by atoms with Crippen molar-refractivity contribution in [3.63, 3.8) is 0 Å². The number of nitrogens with zero attached hydrogens (tertiary/aromatic N) is 4. The van der Waals surface area contributed by atoms with Crippen molar-refractivity contribution < 1.29 is 14.3 Å². The lowest BCUT2D eigenvalue weighted by Gasteiger charge is -2.15. The van der Waals surface area contributed by atoms with Crippen LogP contribution in [0.1, 0.15) is 18.5 Å². The first kappa shape index (κ1) is 16.1. The summed E-state index contributed by atoms with van der Waals surface area (Å²) in [7, 11) is 1.71. The van der Waals surface area contributed by atoms with E-state index in [9.17, 15) is 9.59 Å². The van der Waals surface area contributed by atoms with E-state index in [1.165, 1.54) is 21.8 Å². The number of fused-ring (bicyclic) bond motifs is 2. The van der Waals surface area contributed by atoms with Gasteiger partial charge in [0.05, 0.1) is 12.2 Å². The molecule has 9 heteroatoms. The molecule has 0 bridgehead atoms. The van der Waals surface area contributed by atoms with Crippen LogP contribution in [0, 0.1) is 0 Å². The quantitative estimate of drug-likeness (QED) is 0.741. The molecule has 1 aromatic carbocycles. The molecule has 1 N–H and O–H groups in total. The Kier molecular flexibility index (Phi) is 3.83. The maximum Gasteiger partial charge on any atom is 0.264 e. The highest BCUT2D eigenvalue weighted by Gasteiger charge is 2.17. The number of carbonyl (C=O) groups is 1. The average molecular weight is 355 g/mol. The van der Waals surface area contributed by atoms with Crippen molar-refractivity contribution >= 4 is 16.9 Å². The standard InChI is InChI=1S/C17H17N5O4/c1-10(11-3-4-13-14(5-11)26-9-25-13)20-15(23)7-22-8-18-16-12(17(22)24)6-19-21(16)2/h3-6,8,10H,7,9H2,1-2H3,(H,20,23). The van der Waals surface area contributed by atoms with Crippen LogP contribution in [0.4, 0.5) is 0 Å². The maximum absolute atomic E-state index is 12.4. The highest BCUT2D eigenvalue weighted by molar-refractivity contribution is 5.77. The third-order valence-corrected chi connectivity index (χ3v) is 4.31. The van der Waals surface area contributed by atoms with Crippen LogP contribution in [0.15, 0.2) is 35.5 Å². The van der Waals surface area contributed by atoms with Crippen LogP contribution in [-0.2, 0) is 18.4 Å². The number of ether oxygens (including phenoxy) is 2. The molecule has 4 rings (SSSR count). The molecule has 1 atom stereocenters. The molecule has 3 heterocycles. The lowest BCUT2D eigenvalue weighted by atomic mass is 10.1. The molecule has 9 nitrogen and oxygen atoms in total. The van der Waals surface area contributed by atoms with Crippen LogP contribution in [0.2, 0.25) is 0 Å². The highest BCUT2D eigenvalue weighted by atomic mass is 16.7. The Morgan fingerprint density at radius 2 is 2.15 bits per heavy atom. The van der Waals surface area contributed by atoms with Crippen molar-refractivity contribution in [1.29, 1.82) is 0 Å². The van der Waals surface area contributed by atoms with Crippen LogP contribution in [-0.4, -0.2) is 32.0 Å². The number of amides is 1. The molecule has 2 aromatic heterocycles. The number of aryl methyl sites for hydroxylation is 1. The van der Waals surface area contributed by atoms with Gasteiger partial charge in [-0.1, -0.05) is 6.07 Å². The minimum Gasteiger partial charge on any atom is -0.454 e. The number of nitrogens with one attached hydrogen (secondary N) is 1. The van der Waals surface area contributed by atoms with Gasteiger partial charge < -0.3 is 14.8 Å². The largest absolute Gasteiger partial charge is 0.454 e. The first-order valence-electron chi connectivity index (χ1n) is 8.09. The van der Waals surface area contributed by atoms with Crippen molar-refractivity contribution in [3.05, 3.63) is 46.6 Å². The van der Waals surface area contributed by atoms with Gasteiger partial charge in [0.15, 0.2) is 17.1 Å². The second-order valence-electron chi connectivity index (χ2n) is 6.08. The molecule has 0 radical (unpaired) electrons. The number of aromatic nitrogens is 4.